The normalized spacial score (nSPS) is 14.5. The van der Waals surface area contributed by atoms with E-state index in [2.05, 4.69) is 21.3 Å². The Kier molecular flexibility index (Phi) is 11.7. The Morgan fingerprint density at radius 3 is 1.98 bits per heavy atom. The number of carbonyl (C=O) groups excluding carboxylic acids is 7. The molecule has 0 spiro atoms. The summed E-state index contributed by atoms with van der Waals surface area (Å²) in [5.41, 5.74) is 0.949. The molecule has 0 radical (unpaired) electrons. The number of carbonyl (C=O) groups is 8. The van der Waals surface area contributed by atoms with Gasteiger partial charge in [-0.1, -0.05) is 12.1 Å². The summed E-state index contributed by atoms with van der Waals surface area (Å²) in [6.45, 7) is 3.78. The van der Waals surface area contributed by atoms with Crippen molar-refractivity contribution in [1.29, 1.82) is 0 Å². The zero-order chi connectivity index (χ0) is 30.7. The molecule has 220 valence electrons. The third-order valence-corrected chi connectivity index (χ3v) is 5.66. The zero-order valence-electron chi connectivity index (χ0n) is 22.6. The Balaban J connectivity index is 1.88. The highest BCUT2D eigenvalue weighted by Crippen LogP contribution is 2.12. The molecule has 1 aliphatic rings. The van der Waals surface area contributed by atoms with Crippen molar-refractivity contribution in [2.75, 3.05) is 11.9 Å². The fourth-order valence-electron chi connectivity index (χ4n) is 3.43. The van der Waals surface area contributed by atoms with Crippen LogP contribution in [0.3, 0.4) is 0 Å². The van der Waals surface area contributed by atoms with Gasteiger partial charge < -0.3 is 31.1 Å². The molecule has 1 aliphatic heterocycles. The number of ether oxygens (including phenoxy) is 1. The lowest BCUT2D eigenvalue weighted by molar-refractivity contribution is -0.142. The molecule has 41 heavy (non-hydrogen) atoms. The van der Waals surface area contributed by atoms with Gasteiger partial charge in [0.25, 0.3) is 11.8 Å². The van der Waals surface area contributed by atoms with Crippen LogP contribution in [0.1, 0.15) is 39.2 Å². The monoisotopic (exact) mass is 573 g/mol. The summed E-state index contributed by atoms with van der Waals surface area (Å²) in [5, 5.41) is 18.7. The molecular weight excluding hydrogens is 542 g/mol. The van der Waals surface area contributed by atoms with E-state index in [1.54, 1.807) is 12.1 Å². The van der Waals surface area contributed by atoms with Crippen molar-refractivity contribution in [3.63, 3.8) is 0 Å². The number of anilines is 1. The van der Waals surface area contributed by atoms with E-state index in [1.165, 1.54) is 32.9 Å². The van der Waals surface area contributed by atoms with Crippen LogP contribution >= 0.6 is 0 Å². The highest BCUT2D eigenvalue weighted by Gasteiger charge is 2.28. The number of aliphatic carboxylic acids is 1. The van der Waals surface area contributed by atoms with Gasteiger partial charge in [-0.25, -0.2) is 0 Å². The topological polar surface area (TPSA) is 217 Å². The smallest absolute Gasteiger partial charge is 0.305 e. The van der Waals surface area contributed by atoms with E-state index in [4.69, 9.17) is 4.74 Å². The third kappa shape index (κ3) is 10.5. The summed E-state index contributed by atoms with van der Waals surface area (Å²) in [4.78, 5) is 96.2. The second-order valence-electron chi connectivity index (χ2n) is 9.06. The summed E-state index contributed by atoms with van der Waals surface area (Å²) < 4.78 is 4.88. The van der Waals surface area contributed by atoms with Crippen LogP contribution in [0.15, 0.2) is 36.4 Å². The Labute approximate surface area is 234 Å². The number of nitrogens with zero attached hydrogens (tertiary/aromatic N) is 1. The van der Waals surface area contributed by atoms with Crippen LogP contribution < -0.4 is 21.3 Å². The van der Waals surface area contributed by atoms with Crippen molar-refractivity contribution in [3.8, 4) is 0 Å². The number of carboxylic acids is 1. The molecule has 0 bridgehead atoms. The van der Waals surface area contributed by atoms with E-state index < -0.39 is 71.9 Å². The number of esters is 1. The highest BCUT2D eigenvalue weighted by molar-refractivity contribution is 6.13. The predicted octanol–water partition coefficient (Wildman–Crippen LogP) is -1.03. The number of rotatable bonds is 14. The molecule has 0 unspecified atom stereocenters. The summed E-state index contributed by atoms with van der Waals surface area (Å²) in [7, 11) is 0. The van der Waals surface area contributed by atoms with Crippen molar-refractivity contribution >= 4 is 53.1 Å². The quantitative estimate of drug-likeness (QED) is 0.135. The van der Waals surface area contributed by atoms with E-state index in [1.807, 2.05) is 0 Å². The summed E-state index contributed by atoms with van der Waals surface area (Å²) in [5.74, 6) is -5.94. The largest absolute Gasteiger partial charge is 0.481 e. The van der Waals surface area contributed by atoms with Crippen LogP contribution in [0, 0.1) is 0 Å². The molecule has 0 saturated heterocycles. The van der Waals surface area contributed by atoms with Crippen LogP contribution in [0.25, 0.3) is 0 Å². The first-order valence-corrected chi connectivity index (χ1v) is 12.5. The lowest BCUT2D eigenvalue weighted by Gasteiger charge is -2.22. The Bertz CT molecular complexity index is 1230. The zero-order valence-corrected chi connectivity index (χ0v) is 22.6. The van der Waals surface area contributed by atoms with E-state index in [0.29, 0.717) is 11.3 Å². The van der Waals surface area contributed by atoms with Crippen molar-refractivity contribution in [2.45, 2.75) is 58.3 Å². The minimum Gasteiger partial charge on any atom is -0.481 e. The molecule has 0 aromatic heterocycles. The summed E-state index contributed by atoms with van der Waals surface area (Å²) in [6, 6.07) is 2.40. The lowest BCUT2D eigenvalue weighted by Crippen LogP contribution is -2.55. The van der Waals surface area contributed by atoms with Crippen molar-refractivity contribution in [1.82, 2.24) is 20.9 Å². The lowest BCUT2D eigenvalue weighted by atomic mass is 10.1. The second kappa shape index (κ2) is 14.9. The minimum absolute atomic E-state index is 0.0332. The van der Waals surface area contributed by atoms with Gasteiger partial charge in [0.05, 0.1) is 6.42 Å². The number of nitrogens with one attached hydrogen (secondary N) is 4. The van der Waals surface area contributed by atoms with Gasteiger partial charge in [0.1, 0.15) is 24.7 Å². The SMILES string of the molecule is CC(=O)OCc1ccc(NC(=O)[C@H](CC(=O)O)NC(=O)[C@H](C)NC(=O)[C@@H](C)NC(=O)CCN2C(=O)C=CC2=O)cc1. The van der Waals surface area contributed by atoms with Crippen LogP contribution in [-0.4, -0.2) is 82.1 Å². The van der Waals surface area contributed by atoms with Gasteiger partial charge in [-0.05, 0) is 31.5 Å². The molecule has 6 amide bonds. The average Bonchev–Trinajstić information content (AvgIpc) is 3.22. The molecule has 2 rings (SSSR count). The molecule has 1 aromatic carbocycles. The predicted molar refractivity (Wildman–Crippen MR) is 140 cm³/mol. The Morgan fingerprint density at radius 2 is 1.41 bits per heavy atom. The Hall–Kier alpha value is -5.08. The van der Waals surface area contributed by atoms with E-state index in [-0.39, 0.29) is 19.6 Å². The fourth-order valence-corrected chi connectivity index (χ4v) is 3.43. The molecule has 0 saturated carbocycles. The molecule has 5 N–H and O–H groups in total. The number of hydrogen-bond donors (Lipinski definition) is 5. The number of amides is 6. The highest BCUT2D eigenvalue weighted by atomic mass is 16.5. The van der Waals surface area contributed by atoms with E-state index in [0.717, 1.165) is 17.1 Å². The van der Waals surface area contributed by atoms with Crippen LogP contribution in [0.4, 0.5) is 5.69 Å². The van der Waals surface area contributed by atoms with Gasteiger partial charge in [0.2, 0.25) is 23.6 Å². The summed E-state index contributed by atoms with van der Waals surface area (Å²) >= 11 is 0. The number of benzene rings is 1. The van der Waals surface area contributed by atoms with E-state index >= 15 is 0 Å². The maximum atomic E-state index is 12.7. The Morgan fingerprint density at radius 1 is 0.854 bits per heavy atom. The van der Waals surface area contributed by atoms with Gasteiger partial charge in [0.15, 0.2) is 0 Å². The van der Waals surface area contributed by atoms with Gasteiger partial charge in [-0.2, -0.15) is 0 Å². The molecular formula is C26H31N5O10. The number of hydrogen-bond acceptors (Lipinski definition) is 9. The van der Waals surface area contributed by atoms with E-state index in [9.17, 15) is 43.5 Å². The van der Waals surface area contributed by atoms with Crippen LogP contribution in [0.2, 0.25) is 0 Å². The second-order valence-corrected chi connectivity index (χ2v) is 9.06. The maximum absolute atomic E-state index is 12.7. The third-order valence-electron chi connectivity index (χ3n) is 5.66. The number of imide groups is 1. The van der Waals surface area contributed by atoms with Gasteiger partial charge >= 0.3 is 11.9 Å². The maximum Gasteiger partial charge on any atom is 0.305 e. The molecule has 3 atom stereocenters. The molecule has 1 aromatic rings. The first-order valence-electron chi connectivity index (χ1n) is 12.5. The molecule has 15 heteroatoms. The molecule has 0 aliphatic carbocycles. The number of carboxylic acid groups (broad SMARTS) is 1. The van der Waals surface area contributed by atoms with Crippen molar-refractivity contribution in [2.24, 2.45) is 0 Å². The molecule has 1 heterocycles. The van der Waals surface area contributed by atoms with Gasteiger partial charge in [-0.15, -0.1) is 0 Å². The first-order chi connectivity index (χ1) is 19.3. The minimum atomic E-state index is -1.48. The van der Waals surface area contributed by atoms with Crippen LogP contribution in [0.5, 0.6) is 0 Å². The first kappa shape index (κ1) is 32.1. The van der Waals surface area contributed by atoms with Gasteiger partial charge in [-0.3, -0.25) is 43.3 Å². The summed E-state index contributed by atoms with van der Waals surface area (Å²) in [6.07, 6.45) is 1.18. The van der Waals surface area contributed by atoms with Crippen LogP contribution in [-0.2, 0) is 49.7 Å². The van der Waals surface area contributed by atoms with Crippen molar-refractivity contribution in [3.05, 3.63) is 42.0 Å². The molecule has 15 nitrogen and oxygen atoms in total. The fraction of sp³-hybridized carbons (Fsp3) is 0.385. The average molecular weight is 574 g/mol. The van der Waals surface area contributed by atoms with Gasteiger partial charge in [0, 0.05) is 37.7 Å². The van der Waals surface area contributed by atoms with Crippen molar-refractivity contribution < 1.29 is 48.2 Å². The standard InChI is InChI=1S/C26H31N5O10/c1-14(27-20(33)10-11-31-21(34)8-9-22(31)35)24(38)28-15(2)25(39)30-19(12-23(36)37)26(40)29-18-6-4-17(5-7-18)13-41-16(3)32/h4-9,14-15,19H,10-13H2,1-3H3,(H,27,33)(H,28,38)(H,29,40)(H,30,39)(H,36,37)/t14-,15+,19+/m1/s1. The molecule has 0 fully saturated rings.